The number of aryl methyl sites for hydroxylation is 1. The van der Waals surface area contributed by atoms with E-state index in [1.807, 2.05) is 6.07 Å². The van der Waals surface area contributed by atoms with Crippen molar-refractivity contribution in [3.8, 4) is 0 Å². The Morgan fingerprint density at radius 3 is 2.45 bits per heavy atom. The first-order valence-corrected chi connectivity index (χ1v) is 7.46. The highest BCUT2D eigenvalue weighted by atomic mass is 15.2. The molecule has 0 saturated heterocycles. The zero-order valence-corrected chi connectivity index (χ0v) is 13.6. The van der Waals surface area contributed by atoms with E-state index in [9.17, 15) is 0 Å². The average Bonchev–Trinajstić information content (AvgIpc) is 2.64. The number of hydrogen-bond donors (Lipinski definition) is 1. The fourth-order valence-corrected chi connectivity index (χ4v) is 3.11. The summed E-state index contributed by atoms with van der Waals surface area (Å²) in [6, 6.07) is 6.14. The second-order valence-electron chi connectivity index (χ2n) is 7.44. The maximum absolute atomic E-state index is 4.71. The van der Waals surface area contributed by atoms with Crippen LogP contribution in [0.3, 0.4) is 0 Å². The van der Waals surface area contributed by atoms with E-state index < -0.39 is 0 Å². The molecule has 0 bridgehead atoms. The lowest BCUT2D eigenvalue weighted by Crippen LogP contribution is -2.36. The Labute approximate surface area is 122 Å². The second-order valence-corrected chi connectivity index (χ2v) is 7.44. The van der Waals surface area contributed by atoms with Gasteiger partial charge in [-0.05, 0) is 44.2 Å². The lowest BCUT2D eigenvalue weighted by Gasteiger charge is -2.34. The van der Waals surface area contributed by atoms with Gasteiger partial charge in [-0.3, -0.25) is 4.40 Å². The molecule has 3 heteroatoms. The van der Waals surface area contributed by atoms with E-state index in [4.69, 9.17) is 4.98 Å². The molecule has 0 aromatic carbocycles. The summed E-state index contributed by atoms with van der Waals surface area (Å²) in [7, 11) is 0. The quantitative estimate of drug-likeness (QED) is 0.887. The molecule has 2 rings (SSSR count). The van der Waals surface area contributed by atoms with Gasteiger partial charge in [0, 0.05) is 11.7 Å². The van der Waals surface area contributed by atoms with Crippen LogP contribution in [0.15, 0.2) is 24.4 Å². The maximum Gasteiger partial charge on any atom is 0.138 e. The highest BCUT2D eigenvalue weighted by molar-refractivity contribution is 5.56. The zero-order chi connectivity index (χ0) is 15.0. The molecule has 20 heavy (non-hydrogen) atoms. The molecule has 1 N–H and O–H groups in total. The van der Waals surface area contributed by atoms with Crippen molar-refractivity contribution < 1.29 is 0 Å². The van der Waals surface area contributed by atoms with Crippen LogP contribution in [-0.4, -0.2) is 14.9 Å². The van der Waals surface area contributed by atoms with E-state index in [-0.39, 0.29) is 5.54 Å². The lowest BCUT2D eigenvalue weighted by atomic mass is 9.82. The molecule has 2 heterocycles. The molecular weight excluding hydrogens is 246 g/mol. The Balaban J connectivity index is 2.37. The number of anilines is 1. The molecule has 0 aliphatic carbocycles. The lowest BCUT2D eigenvalue weighted by molar-refractivity contribution is 0.302. The molecular formula is C17H27N3. The highest BCUT2D eigenvalue weighted by Gasteiger charge is 2.27. The summed E-state index contributed by atoms with van der Waals surface area (Å²) in [5.74, 6) is 1.14. The summed E-state index contributed by atoms with van der Waals surface area (Å²) in [4.78, 5) is 4.71. The van der Waals surface area contributed by atoms with Crippen LogP contribution in [0.25, 0.3) is 5.65 Å². The SMILES string of the molecule is CCc1nc2ccccn2c1NC(C)(C)CC(C)(C)C. The summed E-state index contributed by atoms with van der Waals surface area (Å²) in [5.41, 5.74) is 2.48. The van der Waals surface area contributed by atoms with Crippen molar-refractivity contribution >= 4 is 11.5 Å². The van der Waals surface area contributed by atoms with E-state index in [1.54, 1.807) is 0 Å². The largest absolute Gasteiger partial charge is 0.365 e. The van der Waals surface area contributed by atoms with Crippen LogP contribution in [-0.2, 0) is 6.42 Å². The third kappa shape index (κ3) is 3.33. The summed E-state index contributed by atoms with van der Waals surface area (Å²) >= 11 is 0. The van der Waals surface area contributed by atoms with Crippen LogP contribution in [0.2, 0.25) is 0 Å². The molecule has 2 aromatic rings. The zero-order valence-electron chi connectivity index (χ0n) is 13.6. The Bertz CT molecular complexity index is 588. The van der Waals surface area contributed by atoms with Crippen molar-refractivity contribution in [1.29, 1.82) is 0 Å². The van der Waals surface area contributed by atoms with E-state index >= 15 is 0 Å². The minimum atomic E-state index is 0.0357. The highest BCUT2D eigenvalue weighted by Crippen LogP contribution is 2.31. The molecule has 0 amide bonds. The minimum absolute atomic E-state index is 0.0357. The molecule has 0 atom stereocenters. The number of aromatic nitrogens is 2. The second kappa shape index (κ2) is 5.12. The van der Waals surface area contributed by atoms with Gasteiger partial charge in [-0.1, -0.05) is 33.8 Å². The van der Waals surface area contributed by atoms with Gasteiger partial charge in [0.25, 0.3) is 0 Å². The molecule has 0 saturated carbocycles. The predicted molar refractivity (Wildman–Crippen MR) is 86.3 cm³/mol. The van der Waals surface area contributed by atoms with Gasteiger partial charge in [0.15, 0.2) is 0 Å². The van der Waals surface area contributed by atoms with Crippen LogP contribution in [0.1, 0.15) is 53.7 Å². The van der Waals surface area contributed by atoms with Crippen molar-refractivity contribution in [2.75, 3.05) is 5.32 Å². The number of pyridine rings is 1. The molecule has 0 fully saturated rings. The molecule has 0 aliphatic rings. The smallest absolute Gasteiger partial charge is 0.138 e. The van der Waals surface area contributed by atoms with Crippen molar-refractivity contribution in [2.24, 2.45) is 5.41 Å². The topological polar surface area (TPSA) is 29.3 Å². The molecule has 0 aliphatic heterocycles. The van der Waals surface area contributed by atoms with Gasteiger partial charge in [0.05, 0.1) is 5.69 Å². The van der Waals surface area contributed by atoms with Crippen LogP contribution >= 0.6 is 0 Å². The van der Waals surface area contributed by atoms with Gasteiger partial charge < -0.3 is 5.32 Å². The van der Waals surface area contributed by atoms with E-state index in [1.165, 1.54) is 0 Å². The number of nitrogens with zero attached hydrogens (tertiary/aromatic N) is 2. The van der Waals surface area contributed by atoms with Gasteiger partial charge >= 0.3 is 0 Å². The first kappa shape index (κ1) is 14.9. The summed E-state index contributed by atoms with van der Waals surface area (Å²) < 4.78 is 2.16. The van der Waals surface area contributed by atoms with E-state index in [2.05, 4.69) is 69.6 Å². The molecule has 0 spiro atoms. The molecule has 0 radical (unpaired) electrons. The van der Waals surface area contributed by atoms with Crippen molar-refractivity contribution in [3.63, 3.8) is 0 Å². The fourth-order valence-electron chi connectivity index (χ4n) is 3.11. The van der Waals surface area contributed by atoms with Gasteiger partial charge in [0.1, 0.15) is 11.5 Å². The van der Waals surface area contributed by atoms with Crippen molar-refractivity contribution in [3.05, 3.63) is 30.1 Å². The van der Waals surface area contributed by atoms with Gasteiger partial charge in [-0.15, -0.1) is 0 Å². The Kier molecular flexibility index (Phi) is 3.81. The van der Waals surface area contributed by atoms with Crippen molar-refractivity contribution in [1.82, 2.24) is 9.38 Å². The monoisotopic (exact) mass is 273 g/mol. The predicted octanol–water partition coefficient (Wildman–Crippen LogP) is 4.52. The number of rotatable bonds is 4. The van der Waals surface area contributed by atoms with Crippen LogP contribution in [0, 0.1) is 5.41 Å². The first-order valence-electron chi connectivity index (χ1n) is 7.46. The van der Waals surface area contributed by atoms with Crippen molar-refractivity contribution in [2.45, 2.75) is 59.9 Å². The number of fused-ring (bicyclic) bond motifs is 1. The molecule has 110 valence electrons. The average molecular weight is 273 g/mol. The fraction of sp³-hybridized carbons (Fsp3) is 0.588. The minimum Gasteiger partial charge on any atom is -0.365 e. The third-order valence-electron chi connectivity index (χ3n) is 3.37. The van der Waals surface area contributed by atoms with E-state index in [0.717, 1.165) is 30.0 Å². The number of imidazole rings is 1. The third-order valence-corrected chi connectivity index (χ3v) is 3.37. The standard InChI is InChI=1S/C17H27N3/c1-7-13-15(19-17(5,6)12-16(2,3)4)20-11-9-8-10-14(20)18-13/h8-11,19H,7,12H2,1-6H3. The number of hydrogen-bond acceptors (Lipinski definition) is 2. The Morgan fingerprint density at radius 1 is 1.15 bits per heavy atom. The summed E-state index contributed by atoms with van der Waals surface area (Å²) in [5, 5.41) is 3.72. The Morgan fingerprint density at radius 2 is 1.85 bits per heavy atom. The molecule has 2 aromatic heterocycles. The van der Waals surface area contributed by atoms with Crippen LogP contribution < -0.4 is 5.32 Å². The number of nitrogens with one attached hydrogen (secondary N) is 1. The molecule has 0 unspecified atom stereocenters. The van der Waals surface area contributed by atoms with Gasteiger partial charge in [-0.2, -0.15) is 0 Å². The van der Waals surface area contributed by atoms with Gasteiger partial charge in [-0.25, -0.2) is 4.98 Å². The van der Waals surface area contributed by atoms with Crippen LogP contribution in [0.4, 0.5) is 5.82 Å². The Hall–Kier alpha value is -1.51. The summed E-state index contributed by atoms with van der Waals surface area (Å²) in [6.07, 6.45) is 4.12. The normalized spacial score (nSPS) is 12.9. The van der Waals surface area contributed by atoms with E-state index in [0.29, 0.717) is 5.41 Å². The molecule has 3 nitrogen and oxygen atoms in total. The first-order chi connectivity index (χ1) is 9.22. The summed E-state index contributed by atoms with van der Waals surface area (Å²) in [6.45, 7) is 13.5. The van der Waals surface area contributed by atoms with Gasteiger partial charge in [0.2, 0.25) is 0 Å². The van der Waals surface area contributed by atoms with Crippen LogP contribution in [0.5, 0.6) is 0 Å². The maximum atomic E-state index is 4.71.